The van der Waals surface area contributed by atoms with Crippen molar-refractivity contribution in [1.29, 1.82) is 0 Å². The van der Waals surface area contributed by atoms with Gasteiger partial charge in [-0.05, 0) is 52.0 Å². The Morgan fingerprint density at radius 3 is 2.80 bits per heavy atom. The minimum Gasteiger partial charge on any atom is -0.330 e. The van der Waals surface area contributed by atoms with Gasteiger partial charge in [0.2, 0.25) is 0 Å². The Hall–Kier alpha value is -0.900. The topological polar surface area (TPSA) is 56.7 Å². The van der Waals surface area contributed by atoms with Crippen LogP contribution in [-0.2, 0) is 12.8 Å². The molecule has 1 aliphatic carbocycles. The molecule has 0 aliphatic heterocycles. The number of fused-ring (bicyclic) bond motifs is 1. The number of hydrogen-bond acceptors (Lipinski definition) is 3. The van der Waals surface area contributed by atoms with Crippen molar-refractivity contribution < 1.29 is 0 Å². The summed E-state index contributed by atoms with van der Waals surface area (Å²) < 4.78 is 0. The van der Waals surface area contributed by atoms with Gasteiger partial charge in [0.1, 0.15) is 0 Å². The average molecular weight is 208 g/mol. The van der Waals surface area contributed by atoms with Crippen LogP contribution in [0, 0.1) is 5.92 Å². The zero-order valence-corrected chi connectivity index (χ0v) is 9.61. The molecule has 0 spiro atoms. The first-order valence-corrected chi connectivity index (χ1v) is 5.85. The molecule has 4 heteroatoms. The summed E-state index contributed by atoms with van der Waals surface area (Å²) in [6.07, 6.45) is 4.49. The smallest absolute Gasteiger partial charge is 0.0862 e. The number of aromatic nitrogens is 3. The first-order chi connectivity index (χ1) is 7.20. The fraction of sp³-hybridized carbons (Fsp3) is 0.818. The van der Waals surface area contributed by atoms with Crippen molar-refractivity contribution in [1.82, 2.24) is 15.0 Å². The first-order valence-electron chi connectivity index (χ1n) is 5.85. The normalized spacial score (nSPS) is 20.7. The maximum Gasteiger partial charge on any atom is 0.0862 e. The molecule has 0 fully saturated rings. The lowest BCUT2D eigenvalue weighted by Crippen LogP contribution is -2.17. The number of rotatable bonds is 3. The molecular weight excluding hydrogens is 188 g/mol. The lowest BCUT2D eigenvalue weighted by Gasteiger charge is -2.18. The van der Waals surface area contributed by atoms with Gasteiger partial charge in [-0.2, -0.15) is 15.0 Å². The van der Waals surface area contributed by atoms with Gasteiger partial charge in [-0.3, -0.25) is 0 Å². The number of aryl methyl sites for hydroxylation is 1. The molecule has 0 radical (unpaired) electrons. The zero-order valence-electron chi connectivity index (χ0n) is 9.61. The highest BCUT2D eigenvalue weighted by atomic mass is 15.5. The molecule has 0 amide bonds. The number of nitrogens with zero attached hydrogens (tertiary/aromatic N) is 3. The van der Waals surface area contributed by atoms with Gasteiger partial charge in [-0.1, -0.05) is 0 Å². The van der Waals surface area contributed by atoms with Crippen LogP contribution in [-0.4, -0.2) is 21.5 Å². The van der Waals surface area contributed by atoms with Crippen molar-refractivity contribution in [3.05, 3.63) is 11.4 Å². The summed E-state index contributed by atoms with van der Waals surface area (Å²) in [4.78, 5) is 1.84. The minimum atomic E-state index is 0.364. The molecule has 1 aromatic rings. The molecule has 4 nitrogen and oxygen atoms in total. The highest BCUT2D eigenvalue weighted by Crippen LogP contribution is 2.25. The zero-order chi connectivity index (χ0) is 10.8. The fourth-order valence-corrected chi connectivity index (χ4v) is 2.17. The van der Waals surface area contributed by atoms with Gasteiger partial charge < -0.3 is 5.73 Å². The molecule has 1 aromatic heterocycles. The predicted octanol–water partition coefficient (Wildman–Crippen LogP) is 1.31. The molecule has 1 aliphatic rings. The molecule has 0 aromatic carbocycles. The second kappa shape index (κ2) is 4.31. The van der Waals surface area contributed by atoms with Crippen LogP contribution in [0.25, 0.3) is 0 Å². The van der Waals surface area contributed by atoms with Crippen LogP contribution in [0.3, 0.4) is 0 Å². The van der Waals surface area contributed by atoms with E-state index >= 15 is 0 Å². The van der Waals surface area contributed by atoms with Crippen molar-refractivity contribution >= 4 is 0 Å². The van der Waals surface area contributed by atoms with Crippen LogP contribution < -0.4 is 5.73 Å². The van der Waals surface area contributed by atoms with E-state index in [1.165, 1.54) is 17.8 Å². The summed E-state index contributed by atoms with van der Waals surface area (Å²) in [5.41, 5.74) is 8.00. The van der Waals surface area contributed by atoms with Crippen molar-refractivity contribution in [3.8, 4) is 0 Å². The summed E-state index contributed by atoms with van der Waals surface area (Å²) in [5.74, 6) is 0.722. The summed E-state index contributed by atoms with van der Waals surface area (Å²) in [6, 6.07) is 0.364. The molecule has 1 atom stereocenters. The van der Waals surface area contributed by atoms with Gasteiger partial charge in [0.05, 0.1) is 17.4 Å². The van der Waals surface area contributed by atoms with E-state index < -0.39 is 0 Å². The largest absolute Gasteiger partial charge is 0.330 e. The van der Waals surface area contributed by atoms with Crippen LogP contribution in [0.1, 0.15) is 44.1 Å². The molecule has 15 heavy (non-hydrogen) atoms. The Labute approximate surface area is 90.8 Å². The fourth-order valence-electron chi connectivity index (χ4n) is 2.17. The number of hydrogen-bond donors (Lipinski definition) is 1. The lowest BCUT2D eigenvalue weighted by molar-refractivity contribution is 0.425. The summed E-state index contributed by atoms with van der Waals surface area (Å²) in [5, 5.41) is 9.07. The lowest BCUT2D eigenvalue weighted by atomic mass is 9.87. The van der Waals surface area contributed by atoms with E-state index in [2.05, 4.69) is 24.0 Å². The number of nitrogens with two attached hydrogens (primary N) is 1. The minimum absolute atomic E-state index is 0.364. The van der Waals surface area contributed by atoms with Gasteiger partial charge >= 0.3 is 0 Å². The van der Waals surface area contributed by atoms with E-state index in [0.29, 0.717) is 6.04 Å². The Bertz CT molecular complexity index is 329. The van der Waals surface area contributed by atoms with Crippen LogP contribution in [0.5, 0.6) is 0 Å². The molecule has 2 rings (SSSR count). The first kappa shape index (κ1) is 10.6. The molecule has 1 heterocycles. The highest BCUT2D eigenvalue weighted by Gasteiger charge is 2.22. The van der Waals surface area contributed by atoms with Crippen molar-refractivity contribution in [2.45, 2.75) is 45.6 Å². The predicted molar refractivity (Wildman–Crippen MR) is 59.6 cm³/mol. The molecule has 0 bridgehead atoms. The third-order valence-corrected chi connectivity index (χ3v) is 3.09. The van der Waals surface area contributed by atoms with E-state index in [9.17, 15) is 0 Å². The van der Waals surface area contributed by atoms with Crippen LogP contribution in [0.15, 0.2) is 0 Å². The van der Waals surface area contributed by atoms with Crippen molar-refractivity contribution in [2.75, 3.05) is 6.54 Å². The summed E-state index contributed by atoms with van der Waals surface area (Å²) >= 11 is 0. The Morgan fingerprint density at radius 2 is 2.13 bits per heavy atom. The summed E-state index contributed by atoms with van der Waals surface area (Å²) in [7, 11) is 0. The average Bonchev–Trinajstić information content (AvgIpc) is 2.61. The van der Waals surface area contributed by atoms with E-state index in [0.717, 1.165) is 31.7 Å². The van der Waals surface area contributed by atoms with E-state index in [1.807, 2.05) is 4.80 Å². The molecule has 2 N–H and O–H groups in total. The standard InChI is InChI=1S/C11H20N4/c1-8(2)15-13-10-4-3-9(5-6-12)7-11(10)14-15/h8-9H,3-7,12H2,1-2H3. The Morgan fingerprint density at radius 1 is 1.40 bits per heavy atom. The van der Waals surface area contributed by atoms with Gasteiger partial charge in [0.25, 0.3) is 0 Å². The molecule has 0 saturated heterocycles. The SMILES string of the molecule is CC(C)n1nc2c(n1)CC(CCN)CC2. The second-order valence-corrected chi connectivity index (χ2v) is 4.69. The van der Waals surface area contributed by atoms with Gasteiger partial charge in [-0.15, -0.1) is 0 Å². The van der Waals surface area contributed by atoms with Gasteiger partial charge in [0, 0.05) is 0 Å². The molecule has 0 saturated carbocycles. The van der Waals surface area contributed by atoms with Gasteiger partial charge in [0.15, 0.2) is 0 Å². The van der Waals surface area contributed by atoms with E-state index in [4.69, 9.17) is 5.73 Å². The molecule has 1 unspecified atom stereocenters. The van der Waals surface area contributed by atoms with E-state index in [-0.39, 0.29) is 0 Å². The monoisotopic (exact) mass is 208 g/mol. The molecular formula is C11H20N4. The van der Waals surface area contributed by atoms with Gasteiger partial charge in [-0.25, -0.2) is 0 Å². The Kier molecular flexibility index (Phi) is 3.05. The highest BCUT2D eigenvalue weighted by molar-refractivity contribution is 5.13. The van der Waals surface area contributed by atoms with Crippen molar-refractivity contribution in [3.63, 3.8) is 0 Å². The Balaban J connectivity index is 2.12. The quantitative estimate of drug-likeness (QED) is 0.815. The van der Waals surface area contributed by atoms with E-state index in [1.54, 1.807) is 0 Å². The maximum atomic E-state index is 5.59. The van der Waals surface area contributed by atoms with Crippen LogP contribution >= 0.6 is 0 Å². The van der Waals surface area contributed by atoms with Crippen molar-refractivity contribution in [2.24, 2.45) is 11.7 Å². The third kappa shape index (κ3) is 2.20. The summed E-state index contributed by atoms with van der Waals surface area (Å²) in [6.45, 7) is 5.02. The van der Waals surface area contributed by atoms with Crippen LogP contribution in [0.2, 0.25) is 0 Å². The van der Waals surface area contributed by atoms with Crippen LogP contribution in [0.4, 0.5) is 0 Å². The molecule has 84 valence electrons. The third-order valence-electron chi connectivity index (χ3n) is 3.09. The second-order valence-electron chi connectivity index (χ2n) is 4.69. The maximum absolute atomic E-state index is 5.59.